The second-order valence-electron chi connectivity index (χ2n) is 4.63. The first kappa shape index (κ1) is 12.6. The van der Waals surface area contributed by atoms with Crippen LogP contribution in [0.5, 0.6) is 0 Å². The summed E-state index contributed by atoms with van der Waals surface area (Å²) in [6.07, 6.45) is 6.24. The van der Waals surface area contributed by atoms with Crippen molar-refractivity contribution in [1.29, 1.82) is 0 Å². The van der Waals surface area contributed by atoms with Gasteiger partial charge in [0.05, 0.1) is 30.4 Å². The van der Waals surface area contributed by atoms with Crippen molar-refractivity contribution in [2.24, 2.45) is 11.8 Å². The van der Waals surface area contributed by atoms with Crippen LogP contribution in [0.25, 0.3) is 0 Å². The summed E-state index contributed by atoms with van der Waals surface area (Å²) in [7, 11) is 0. The van der Waals surface area contributed by atoms with Crippen molar-refractivity contribution in [3.63, 3.8) is 0 Å². The number of nitrogens with zero attached hydrogens (tertiary/aromatic N) is 1. The van der Waals surface area contributed by atoms with E-state index in [0.717, 1.165) is 18.5 Å². The number of carboxylic acids is 1. The van der Waals surface area contributed by atoms with Crippen LogP contribution in [0.3, 0.4) is 0 Å². The Morgan fingerprint density at radius 3 is 2.72 bits per heavy atom. The maximum absolute atomic E-state index is 12.0. The van der Waals surface area contributed by atoms with E-state index < -0.39 is 17.8 Å². The minimum atomic E-state index is -0.864. The van der Waals surface area contributed by atoms with Crippen molar-refractivity contribution in [3.8, 4) is 0 Å². The molecule has 0 saturated heterocycles. The lowest BCUT2D eigenvalue weighted by atomic mass is 9.79. The first-order valence-electron chi connectivity index (χ1n) is 6.16. The third-order valence-corrected chi connectivity index (χ3v) is 3.43. The minimum absolute atomic E-state index is 0.170. The highest BCUT2D eigenvalue weighted by Gasteiger charge is 2.35. The molecule has 1 saturated carbocycles. The molecule has 1 aliphatic carbocycles. The molecular formula is C12H17N3O3. The average molecular weight is 251 g/mol. The molecule has 0 unspecified atom stereocenters. The van der Waals surface area contributed by atoms with E-state index in [9.17, 15) is 9.59 Å². The molecule has 1 heterocycles. The lowest BCUT2D eigenvalue weighted by Gasteiger charge is -2.27. The number of rotatable bonds is 4. The fourth-order valence-electron chi connectivity index (χ4n) is 2.44. The Hall–Kier alpha value is -1.85. The van der Waals surface area contributed by atoms with Crippen LogP contribution >= 0.6 is 0 Å². The zero-order chi connectivity index (χ0) is 13.0. The van der Waals surface area contributed by atoms with Crippen LogP contribution in [0.2, 0.25) is 0 Å². The summed E-state index contributed by atoms with van der Waals surface area (Å²) < 4.78 is 0. The van der Waals surface area contributed by atoms with E-state index >= 15 is 0 Å². The molecule has 0 spiro atoms. The number of imidazole rings is 1. The molecule has 6 heteroatoms. The molecule has 1 aromatic rings. The lowest BCUT2D eigenvalue weighted by Crippen LogP contribution is -2.39. The van der Waals surface area contributed by atoms with E-state index in [1.54, 1.807) is 12.5 Å². The van der Waals surface area contributed by atoms with Crippen LogP contribution in [-0.2, 0) is 16.1 Å². The highest BCUT2D eigenvalue weighted by molar-refractivity contribution is 5.84. The molecule has 2 rings (SSSR count). The van der Waals surface area contributed by atoms with Gasteiger partial charge < -0.3 is 15.4 Å². The fraction of sp³-hybridized carbons (Fsp3) is 0.583. The number of aromatic amines is 1. The molecular weight excluding hydrogens is 234 g/mol. The van der Waals surface area contributed by atoms with Gasteiger partial charge in [-0.3, -0.25) is 9.59 Å². The number of aliphatic carboxylic acids is 1. The third kappa shape index (κ3) is 2.88. The molecule has 0 bridgehead atoms. The lowest BCUT2D eigenvalue weighted by molar-refractivity contribution is -0.148. The van der Waals surface area contributed by atoms with Gasteiger partial charge in [0.1, 0.15) is 0 Å². The Kier molecular flexibility index (Phi) is 3.96. The van der Waals surface area contributed by atoms with Gasteiger partial charge in [0, 0.05) is 6.20 Å². The summed E-state index contributed by atoms with van der Waals surface area (Å²) >= 11 is 0. The van der Waals surface area contributed by atoms with Crippen molar-refractivity contribution in [2.45, 2.75) is 32.2 Å². The first-order chi connectivity index (χ1) is 8.68. The molecule has 1 aliphatic rings. The number of carbonyl (C=O) groups excluding carboxylic acids is 1. The number of hydrogen-bond acceptors (Lipinski definition) is 3. The van der Waals surface area contributed by atoms with Crippen molar-refractivity contribution >= 4 is 11.9 Å². The molecule has 3 N–H and O–H groups in total. The smallest absolute Gasteiger partial charge is 0.307 e. The van der Waals surface area contributed by atoms with Crippen LogP contribution in [0, 0.1) is 11.8 Å². The van der Waals surface area contributed by atoms with Gasteiger partial charge in [-0.25, -0.2) is 4.98 Å². The quantitative estimate of drug-likeness (QED) is 0.741. The Labute approximate surface area is 105 Å². The van der Waals surface area contributed by atoms with Crippen LogP contribution in [-0.4, -0.2) is 27.0 Å². The van der Waals surface area contributed by atoms with E-state index in [-0.39, 0.29) is 5.91 Å². The molecule has 18 heavy (non-hydrogen) atoms. The number of carbonyl (C=O) groups is 2. The van der Waals surface area contributed by atoms with Gasteiger partial charge in [-0.1, -0.05) is 12.8 Å². The molecule has 0 aliphatic heterocycles. The summed E-state index contributed by atoms with van der Waals surface area (Å²) in [5.74, 6) is -1.98. The first-order valence-corrected chi connectivity index (χ1v) is 6.16. The fourth-order valence-corrected chi connectivity index (χ4v) is 2.44. The second kappa shape index (κ2) is 5.66. The summed E-state index contributed by atoms with van der Waals surface area (Å²) in [6.45, 7) is 0.363. The molecule has 0 radical (unpaired) electrons. The summed E-state index contributed by atoms with van der Waals surface area (Å²) in [4.78, 5) is 29.8. The number of nitrogens with one attached hydrogen (secondary N) is 2. The van der Waals surface area contributed by atoms with E-state index in [1.165, 1.54) is 0 Å². The number of carboxylic acid groups (broad SMARTS) is 1. The van der Waals surface area contributed by atoms with Crippen LogP contribution in [0.15, 0.2) is 12.5 Å². The minimum Gasteiger partial charge on any atom is -0.481 e. The molecule has 1 fully saturated rings. The van der Waals surface area contributed by atoms with Crippen LogP contribution < -0.4 is 5.32 Å². The largest absolute Gasteiger partial charge is 0.481 e. The number of hydrogen-bond donors (Lipinski definition) is 3. The Morgan fingerprint density at radius 1 is 1.39 bits per heavy atom. The molecule has 0 aromatic carbocycles. The molecule has 1 amide bonds. The number of aromatic nitrogens is 2. The Balaban J connectivity index is 1.92. The topological polar surface area (TPSA) is 95.1 Å². The molecule has 6 nitrogen and oxygen atoms in total. The SMILES string of the molecule is O=C(O)[C@H]1CCCC[C@H]1C(=O)NCc1cnc[nH]1. The second-order valence-corrected chi connectivity index (χ2v) is 4.63. The zero-order valence-electron chi connectivity index (χ0n) is 10.1. The van der Waals surface area contributed by atoms with E-state index in [2.05, 4.69) is 15.3 Å². The van der Waals surface area contributed by atoms with Gasteiger partial charge in [-0.05, 0) is 12.8 Å². The molecule has 1 aromatic heterocycles. The maximum Gasteiger partial charge on any atom is 0.307 e. The van der Waals surface area contributed by atoms with Gasteiger partial charge >= 0.3 is 5.97 Å². The Morgan fingerprint density at radius 2 is 2.11 bits per heavy atom. The summed E-state index contributed by atoms with van der Waals surface area (Å²) in [6, 6.07) is 0. The van der Waals surface area contributed by atoms with Gasteiger partial charge in [0.25, 0.3) is 0 Å². The van der Waals surface area contributed by atoms with E-state index in [4.69, 9.17) is 5.11 Å². The van der Waals surface area contributed by atoms with Gasteiger partial charge in [-0.2, -0.15) is 0 Å². The molecule has 2 atom stereocenters. The summed E-state index contributed by atoms with van der Waals surface area (Å²) in [5.41, 5.74) is 0.811. The highest BCUT2D eigenvalue weighted by atomic mass is 16.4. The normalized spacial score (nSPS) is 23.6. The predicted molar refractivity (Wildman–Crippen MR) is 63.5 cm³/mol. The van der Waals surface area contributed by atoms with Crippen molar-refractivity contribution in [1.82, 2.24) is 15.3 Å². The van der Waals surface area contributed by atoms with Gasteiger partial charge in [0.15, 0.2) is 0 Å². The summed E-state index contributed by atoms with van der Waals surface area (Å²) in [5, 5.41) is 11.9. The third-order valence-electron chi connectivity index (χ3n) is 3.43. The molecule has 98 valence electrons. The predicted octanol–water partition coefficient (Wildman–Crippen LogP) is 0.917. The van der Waals surface area contributed by atoms with Crippen molar-refractivity contribution in [2.75, 3.05) is 0 Å². The van der Waals surface area contributed by atoms with Crippen LogP contribution in [0.4, 0.5) is 0 Å². The van der Waals surface area contributed by atoms with Crippen LogP contribution in [0.1, 0.15) is 31.4 Å². The van der Waals surface area contributed by atoms with Crippen molar-refractivity contribution < 1.29 is 14.7 Å². The highest BCUT2D eigenvalue weighted by Crippen LogP contribution is 2.30. The van der Waals surface area contributed by atoms with Gasteiger partial charge in [0.2, 0.25) is 5.91 Å². The standard InChI is InChI=1S/C12H17N3O3/c16-11(14-6-8-5-13-7-15-8)9-3-1-2-4-10(9)12(17)18/h5,7,9-10H,1-4,6H2,(H,13,15)(H,14,16)(H,17,18)/t9-,10+/m1/s1. The van der Waals surface area contributed by atoms with E-state index in [0.29, 0.717) is 19.4 Å². The maximum atomic E-state index is 12.0. The monoisotopic (exact) mass is 251 g/mol. The van der Waals surface area contributed by atoms with Gasteiger partial charge in [-0.15, -0.1) is 0 Å². The average Bonchev–Trinajstić information content (AvgIpc) is 2.89. The Bertz CT molecular complexity index is 416. The zero-order valence-corrected chi connectivity index (χ0v) is 10.1. The number of amides is 1. The van der Waals surface area contributed by atoms with E-state index in [1.807, 2.05) is 0 Å². The van der Waals surface area contributed by atoms with Crippen molar-refractivity contribution in [3.05, 3.63) is 18.2 Å². The number of H-pyrrole nitrogens is 1.